The number of hydrogen-bond donors (Lipinski definition) is 1. The van der Waals surface area contributed by atoms with Crippen molar-refractivity contribution in [3.63, 3.8) is 0 Å². The van der Waals surface area contributed by atoms with Crippen LogP contribution in [0.15, 0.2) is 30.4 Å². The highest BCUT2D eigenvalue weighted by Crippen LogP contribution is 2.27. The lowest BCUT2D eigenvalue weighted by atomic mass is 10.2. The highest BCUT2D eigenvalue weighted by Gasteiger charge is 2.18. The average molecular weight is 356 g/mol. The Morgan fingerprint density at radius 1 is 1.25 bits per heavy atom. The lowest BCUT2D eigenvalue weighted by molar-refractivity contribution is -0.148. The van der Waals surface area contributed by atoms with Crippen molar-refractivity contribution in [3.8, 4) is 5.75 Å². The minimum atomic E-state index is -1.09. The molecule has 0 aliphatic carbocycles. The standard InChI is InChI=1S/C16H18ClNO6/c1-4-23-14(19)7-8-15(20)24-10(2)16(21)18-12-9-11(17)5-6-13(12)22-3/h5-10H,4H2,1-3H3,(H,18,21)/b8-7+/t10-/m0/s1. The number of benzene rings is 1. The number of methoxy groups -OCH3 is 1. The summed E-state index contributed by atoms with van der Waals surface area (Å²) in [6, 6.07) is 4.71. The summed E-state index contributed by atoms with van der Waals surface area (Å²) in [5.74, 6) is -1.68. The van der Waals surface area contributed by atoms with Gasteiger partial charge in [-0.05, 0) is 32.0 Å². The molecule has 0 saturated carbocycles. The molecule has 0 aliphatic rings. The zero-order valence-electron chi connectivity index (χ0n) is 13.5. The smallest absolute Gasteiger partial charge is 0.331 e. The van der Waals surface area contributed by atoms with Crippen LogP contribution in [0.25, 0.3) is 0 Å². The molecule has 24 heavy (non-hydrogen) atoms. The van der Waals surface area contributed by atoms with E-state index in [1.54, 1.807) is 19.1 Å². The van der Waals surface area contributed by atoms with Crippen molar-refractivity contribution in [2.45, 2.75) is 20.0 Å². The van der Waals surface area contributed by atoms with Crippen LogP contribution in [-0.2, 0) is 23.9 Å². The van der Waals surface area contributed by atoms with Crippen molar-refractivity contribution in [2.24, 2.45) is 0 Å². The third kappa shape index (κ3) is 6.29. The Morgan fingerprint density at radius 2 is 1.92 bits per heavy atom. The minimum Gasteiger partial charge on any atom is -0.495 e. The Kier molecular flexibility index (Phi) is 7.77. The molecule has 0 aromatic heterocycles. The zero-order chi connectivity index (χ0) is 18.1. The Labute approximate surface area is 144 Å². The van der Waals surface area contributed by atoms with Crippen LogP contribution in [0.1, 0.15) is 13.8 Å². The molecular formula is C16H18ClNO6. The summed E-state index contributed by atoms with van der Waals surface area (Å²) in [5.41, 5.74) is 0.347. The molecule has 0 radical (unpaired) electrons. The van der Waals surface area contributed by atoms with Gasteiger partial charge in [0.2, 0.25) is 0 Å². The molecule has 0 bridgehead atoms. The van der Waals surface area contributed by atoms with Crippen LogP contribution in [0.3, 0.4) is 0 Å². The van der Waals surface area contributed by atoms with Crippen molar-refractivity contribution in [1.82, 2.24) is 0 Å². The SMILES string of the molecule is CCOC(=O)/C=C/C(=O)O[C@@H](C)C(=O)Nc1cc(Cl)ccc1OC. The van der Waals surface area contributed by atoms with Gasteiger partial charge in [0, 0.05) is 17.2 Å². The first-order chi connectivity index (χ1) is 11.4. The summed E-state index contributed by atoms with van der Waals surface area (Å²) < 4.78 is 14.6. The number of carbonyl (C=O) groups is 3. The molecule has 0 saturated heterocycles. The number of rotatable bonds is 7. The molecular weight excluding hydrogens is 338 g/mol. The monoisotopic (exact) mass is 355 g/mol. The number of nitrogens with one attached hydrogen (secondary N) is 1. The second kappa shape index (κ2) is 9.57. The van der Waals surface area contributed by atoms with Gasteiger partial charge in [0.05, 0.1) is 19.4 Å². The van der Waals surface area contributed by atoms with E-state index >= 15 is 0 Å². The van der Waals surface area contributed by atoms with E-state index in [1.165, 1.54) is 20.1 Å². The van der Waals surface area contributed by atoms with Gasteiger partial charge in [0.1, 0.15) is 5.75 Å². The van der Waals surface area contributed by atoms with Gasteiger partial charge in [-0.1, -0.05) is 11.6 Å². The fourth-order valence-corrected chi connectivity index (χ4v) is 1.78. The molecule has 1 rings (SSSR count). The molecule has 1 aromatic rings. The van der Waals surface area contributed by atoms with E-state index in [0.29, 0.717) is 16.5 Å². The molecule has 0 unspecified atom stereocenters. The molecule has 7 nitrogen and oxygen atoms in total. The van der Waals surface area contributed by atoms with Crippen LogP contribution < -0.4 is 10.1 Å². The predicted octanol–water partition coefficient (Wildman–Crippen LogP) is 2.34. The Balaban J connectivity index is 2.64. The lowest BCUT2D eigenvalue weighted by Crippen LogP contribution is -2.29. The third-order valence-corrected chi connectivity index (χ3v) is 2.96. The second-order valence-electron chi connectivity index (χ2n) is 4.50. The third-order valence-electron chi connectivity index (χ3n) is 2.72. The summed E-state index contributed by atoms with van der Waals surface area (Å²) >= 11 is 5.87. The van der Waals surface area contributed by atoms with E-state index < -0.39 is 23.9 Å². The van der Waals surface area contributed by atoms with Crippen molar-refractivity contribution in [1.29, 1.82) is 0 Å². The minimum absolute atomic E-state index is 0.193. The van der Waals surface area contributed by atoms with Gasteiger partial charge in [-0.3, -0.25) is 4.79 Å². The van der Waals surface area contributed by atoms with Crippen LogP contribution in [0.2, 0.25) is 5.02 Å². The maximum atomic E-state index is 12.1. The van der Waals surface area contributed by atoms with Gasteiger partial charge in [-0.15, -0.1) is 0 Å². The number of esters is 2. The summed E-state index contributed by atoms with van der Waals surface area (Å²) in [5, 5.41) is 2.96. The normalized spacial score (nSPS) is 11.7. The molecule has 1 amide bonds. The number of halogens is 1. The maximum absolute atomic E-state index is 12.1. The first-order valence-corrected chi connectivity index (χ1v) is 7.45. The van der Waals surface area contributed by atoms with Gasteiger partial charge in [-0.2, -0.15) is 0 Å². The molecule has 1 aromatic carbocycles. The van der Waals surface area contributed by atoms with E-state index in [-0.39, 0.29) is 6.61 Å². The Hall–Kier alpha value is -2.54. The second-order valence-corrected chi connectivity index (χ2v) is 4.93. The highest BCUT2D eigenvalue weighted by molar-refractivity contribution is 6.31. The zero-order valence-corrected chi connectivity index (χ0v) is 14.3. The number of hydrogen-bond acceptors (Lipinski definition) is 6. The van der Waals surface area contributed by atoms with E-state index in [2.05, 4.69) is 10.1 Å². The number of amides is 1. The van der Waals surface area contributed by atoms with E-state index in [4.69, 9.17) is 21.1 Å². The topological polar surface area (TPSA) is 90.9 Å². The van der Waals surface area contributed by atoms with E-state index in [0.717, 1.165) is 12.2 Å². The first-order valence-electron chi connectivity index (χ1n) is 7.07. The van der Waals surface area contributed by atoms with Gasteiger partial charge >= 0.3 is 11.9 Å². The van der Waals surface area contributed by atoms with Crippen molar-refractivity contribution in [2.75, 3.05) is 19.0 Å². The molecule has 0 aliphatic heterocycles. The first kappa shape index (κ1) is 19.5. The van der Waals surface area contributed by atoms with Gasteiger partial charge in [0.15, 0.2) is 6.10 Å². The molecule has 1 atom stereocenters. The quantitative estimate of drug-likeness (QED) is 0.596. The molecule has 0 fully saturated rings. The van der Waals surface area contributed by atoms with Crippen LogP contribution in [0.5, 0.6) is 5.75 Å². The molecule has 1 N–H and O–H groups in total. The van der Waals surface area contributed by atoms with E-state index in [1.807, 2.05) is 0 Å². The van der Waals surface area contributed by atoms with Crippen LogP contribution in [-0.4, -0.2) is 37.7 Å². The molecule has 130 valence electrons. The van der Waals surface area contributed by atoms with Crippen LogP contribution in [0, 0.1) is 0 Å². The largest absolute Gasteiger partial charge is 0.495 e. The number of carbonyl (C=O) groups excluding carboxylic acids is 3. The fourth-order valence-electron chi connectivity index (χ4n) is 1.61. The van der Waals surface area contributed by atoms with Gasteiger partial charge < -0.3 is 19.5 Å². The maximum Gasteiger partial charge on any atom is 0.331 e. The van der Waals surface area contributed by atoms with Crippen LogP contribution in [0.4, 0.5) is 5.69 Å². The van der Waals surface area contributed by atoms with Crippen molar-refractivity contribution >= 4 is 35.1 Å². The summed E-state index contributed by atoms with van der Waals surface area (Å²) in [7, 11) is 1.45. The van der Waals surface area contributed by atoms with Gasteiger partial charge in [-0.25, -0.2) is 9.59 Å². The van der Waals surface area contributed by atoms with E-state index in [9.17, 15) is 14.4 Å². The number of ether oxygens (including phenoxy) is 3. The van der Waals surface area contributed by atoms with Gasteiger partial charge in [0.25, 0.3) is 5.91 Å². The highest BCUT2D eigenvalue weighted by atomic mass is 35.5. The molecule has 0 spiro atoms. The summed E-state index contributed by atoms with van der Waals surface area (Å²) in [6.45, 7) is 3.22. The van der Waals surface area contributed by atoms with Crippen LogP contribution >= 0.6 is 11.6 Å². The van der Waals surface area contributed by atoms with Crippen molar-refractivity contribution in [3.05, 3.63) is 35.4 Å². The fraction of sp³-hybridized carbons (Fsp3) is 0.312. The summed E-state index contributed by atoms with van der Waals surface area (Å²) in [4.78, 5) is 34.7. The van der Waals surface area contributed by atoms with Crippen molar-refractivity contribution < 1.29 is 28.6 Å². The molecule has 0 heterocycles. The molecule has 8 heteroatoms. The average Bonchev–Trinajstić information content (AvgIpc) is 2.53. The predicted molar refractivity (Wildman–Crippen MR) is 88.0 cm³/mol. The lowest BCUT2D eigenvalue weighted by Gasteiger charge is -2.14. The number of anilines is 1. The Bertz CT molecular complexity index is 643. The summed E-state index contributed by atoms with van der Waals surface area (Å²) in [6.07, 6.45) is 0.728. The Morgan fingerprint density at radius 3 is 2.54 bits per heavy atom.